The van der Waals surface area contributed by atoms with E-state index in [-0.39, 0.29) is 18.4 Å². The van der Waals surface area contributed by atoms with Crippen molar-refractivity contribution in [3.05, 3.63) is 30.3 Å². The van der Waals surface area contributed by atoms with Crippen LogP contribution in [0.15, 0.2) is 30.3 Å². The third-order valence-corrected chi connectivity index (χ3v) is 3.30. The van der Waals surface area contributed by atoms with Gasteiger partial charge in [-0.25, -0.2) is 4.79 Å². The Hall–Kier alpha value is -2.37. The number of urea groups is 1. The number of nitrogens with zero attached hydrogens (tertiary/aromatic N) is 2. The molecule has 6 heteroatoms. The molecule has 1 fully saturated rings. The van der Waals surface area contributed by atoms with Crippen LogP contribution in [0.1, 0.15) is 27.7 Å². The zero-order valence-corrected chi connectivity index (χ0v) is 13.3. The molecule has 0 saturated carbocycles. The maximum absolute atomic E-state index is 12.5. The minimum absolute atomic E-state index is 0.261. The summed E-state index contributed by atoms with van der Waals surface area (Å²) in [5, 5.41) is 2.75. The predicted octanol–water partition coefficient (Wildman–Crippen LogP) is 1.76. The largest absolute Gasteiger partial charge is 0.350 e. The van der Waals surface area contributed by atoms with Crippen LogP contribution in [0.5, 0.6) is 0 Å². The lowest BCUT2D eigenvalue weighted by Gasteiger charge is -2.22. The molecule has 0 bridgehead atoms. The highest BCUT2D eigenvalue weighted by Gasteiger charge is 2.44. The van der Waals surface area contributed by atoms with Crippen molar-refractivity contribution in [2.24, 2.45) is 0 Å². The second kappa shape index (κ2) is 5.79. The average molecular weight is 303 g/mol. The minimum Gasteiger partial charge on any atom is -0.350 e. The van der Waals surface area contributed by atoms with Crippen molar-refractivity contribution in [2.45, 2.75) is 39.3 Å². The van der Waals surface area contributed by atoms with Gasteiger partial charge in [0.2, 0.25) is 5.91 Å². The first kappa shape index (κ1) is 16.0. The number of imide groups is 1. The lowest BCUT2D eigenvalue weighted by molar-refractivity contribution is -0.132. The molecule has 0 spiro atoms. The summed E-state index contributed by atoms with van der Waals surface area (Å²) in [6.07, 6.45) is 0. The lowest BCUT2D eigenvalue weighted by atomic mass is 10.1. The van der Waals surface area contributed by atoms with Gasteiger partial charge in [-0.05, 0) is 39.8 Å². The third kappa shape index (κ3) is 3.27. The van der Waals surface area contributed by atoms with Crippen LogP contribution in [0.3, 0.4) is 0 Å². The molecule has 22 heavy (non-hydrogen) atoms. The van der Waals surface area contributed by atoms with Gasteiger partial charge in [0.15, 0.2) is 0 Å². The van der Waals surface area contributed by atoms with Crippen molar-refractivity contribution in [1.29, 1.82) is 0 Å². The molecule has 2 rings (SSSR count). The number of anilines is 1. The number of hydrogen-bond donors (Lipinski definition) is 1. The zero-order chi connectivity index (χ0) is 16.5. The van der Waals surface area contributed by atoms with E-state index in [4.69, 9.17) is 0 Å². The third-order valence-electron chi connectivity index (χ3n) is 3.30. The number of rotatable bonds is 3. The van der Waals surface area contributed by atoms with Crippen molar-refractivity contribution in [2.75, 3.05) is 11.4 Å². The highest BCUT2D eigenvalue weighted by Crippen LogP contribution is 2.25. The van der Waals surface area contributed by atoms with Crippen molar-refractivity contribution >= 4 is 23.5 Å². The van der Waals surface area contributed by atoms with Gasteiger partial charge >= 0.3 is 6.03 Å². The first-order chi connectivity index (χ1) is 10.2. The number of carbonyl (C=O) groups excluding carboxylic acids is 3. The Labute approximate surface area is 130 Å². The van der Waals surface area contributed by atoms with Crippen LogP contribution in [0.4, 0.5) is 10.5 Å². The van der Waals surface area contributed by atoms with Gasteiger partial charge in [-0.1, -0.05) is 18.2 Å². The standard InChI is InChI=1S/C16H21N3O3/c1-11-14(21)18(10-13(20)17-16(2,3)4)15(22)19(11)12-8-6-5-7-9-12/h5-9,11H,10H2,1-4H3,(H,17,20). The highest BCUT2D eigenvalue weighted by molar-refractivity contribution is 6.15. The molecule has 1 heterocycles. The summed E-state index contributed by atoms with van der Waals surface area (Å²) >= 11 is 0. The van der Waals surface area contributed by atoms with Crippen molar-refractivity contribution in [1.82, 2.24) is 10.2 Å². The maximum atomic E-state index is 12.5. The van der Waals surface area contributed by atoms with E-state index in [1.165, 1.54) is 4.90 Å². The number of hydrogen-bond acceptors (Lipinski definition) is 3. The van der Waals surface area contributed by atoms with Crippen LogP contribution in [-0.4, -0.2) is 40.9 Å². The summed E-state index contributed by atoms with van der Waals surface area (Å²) in [7, 11) is 0. The Kier molecular flexibility index (Phi) is 4.21. The van der Waals surface area contributed by atoms with Gasteiger partial charge < -0.3 is 5.32 Å². The van der Waals surface area contributed by atoms with E-state index in [0.717, 1.165) is 4.90 Å². The molecule has 1 aliphatic rings. The highest BCUT2D eigenvalue weighted by atomic mass is 16.2. The molecule has 1 aromatic rings. The number of amides is 4. The van der Waals surface area contributed by atoms with Crippen LogP contribution in [0.25, 0.3) is 0 Å². The Bertz CT molecular complexity index is 592. The van der Waals surface area contributed by atoms with E-state index in [1.807, 2.05) is 26.8 Å². The fourth-order valence-electron chi connectivity index (χ4n) is 2.40. The summed E-state index contributed by atoms with van der Waals surface area (Å²) in [6, 6.07) is 7.89. The normalized spacial score (nSPS) is 18.8. The zero-order valence-electron chi connectivity index (χ0n) is 13.3. The van der Waals surface area contributed by atoms with Crippen LogP contribution in [0, 0.1) is 0 Å². The molecule has 1 unspecified atom stereocenters. The minimum atomic E-state index is -0.614. The summed E-state index contributed by atoms with van der Waals surface area (Å²) in [6.45, 7) is 6.93. The molecule has 6 nitrogen and oxygen atoms in total. The van der Waals surface area contributed by atoms with Crippen molar-refractivity contribution in [3.63, 3.8) is 0 Å². The summed E-state index contributed by atoms with van der Waals surface area (Å²) < 4.78 is 0. The van der Waals surface area contributed by atoms with E-state index in [9.17, 15) is 14.4 Å². The summed E-state index contributed by atoms with van der Waals surface area (Å²) in [5.41, 5.74) is 0.236. The number of benzene rings is 1. The molecule has 1 aliphatic heterocycles. The monoisotopic (exact) mass is 303 g/mol. The first-order valence-electron chi connectivity index (χ1n) is 7.21. The Balaban J connectivity index is 2.16. The van der Waals surface area contributed by atoms with Gasteiger partial charge in [0, 0.05) is 11.2 Å². The molecular formula is C16H21N3O3. The fraction of sp³-hybridized carbons (Fsp3) is 0.438. The van der Waals surface area contributed by atoms with Gasteiger partial charge in [0.05, 0.1) is 0 Å². The fourth-order valence-corrected chi connectivity index (χ4v) is 2.40. The van der Waals surface area contributed by atoms with Crippen LogP contribution >= 0.6 is 0 Å². The Morgan fingerprint density at radius 2 is 1.77 bits per heavy atom. The second-order valence-corrected chi connectivity index (χ2v) is 6.39. The van der Waals surface area contributed by atoms with E-state index in [0.29, 0.717) is 5.69 Å². The molecule has 0 aliphatic carbocycles. The lowest BCUT2D eigenvalue weighted by Crippen LogP contribution is -2.47. The number of para-hydroxylation sites is 1. The van der Waals surface area contributed by atoms with Gasteiger partial charge in [0.1, 0.15) is 12.6 Å². The summed E-state index contributed by atoms with van der Waals surface area (Å²) in [4.78, 5) is 39.2. The van der Waals surface area contributed by atoms with Crippen LogP contribution in [0.2, 0.25) is 0 Å². The maximum Gasteiger partial charge on any atom is 0.332 e. The molecule has 1 N–H and O–H groups in total. The Morgan fingerprint density at radius 3 is 2.32 bits per heavy atom. The SMILES string of the molecule is CC1C(=O)N(CC(=O)NC(C)(C)C)C(=O)N1c1ccccc1. The van der Waals surface area contributed by atoms with Crippen LogP contribution < -0.4 is 10.2 Å². The first-order valence-corrected chi connectivity index (χ1v) is 7.21. The van der Waals surface area contributed by atoms with Crippen molar-refractivity contribution in [3.8, 4) is 0 Å². The van der Waals surface area contributed by atoms with Crippen molar-refractivity contribution < 1.29 is 14.4 Å². The van der Waals surface area contributed by atoms with Gasteiger partial charge in [-0.3, -0.25) is 19.4 Å². The molecule has 0 aromatic heterocycles. The second-order valence-electron chi connectivity index (χ2n) is 6.39. The number of carbonyl (C=O) groups is 3. The Morgan fingerprint density at radius 1 is 1.18 bits per heavy atom. The van der Waals surface area contributed by atoms with Gasteiger partial charge in [-0.15, -0.1) is 0 Å². The topological polar surface area (TPSA) is 69.7 Å². The van der Waals surface area contributed by atoms with Gasteiger partial charge in [-0.2, -0.15) is 0 Å². The quantitative estimate of drug-likeness (QED) is 0.865. The van der Waals surface area contributed by atoms with E-state index in [2.05, 4.69) is 5.32 Å². The van der Waals surface area contributed by atoms with E-state index < -0.39 is 17.6 Å². The molecule has 1 saturated heterocycles. The molecule has 0 radical (unpaired) electrons. The van der Waals surface area contributed by atoms with E-state index in [1.54, 1.807) is 31.2 Å². The summed E-state index contributed by atoms with van der Waals surface area (Å²) in [5.74, 6) is -0.714. The average Bonchev–Trinajstić information content (AvgIpc) is 2.62. The van der Waals surface area contributed by atoms with E-state index >= 15 is 0 Å². The molecular weight excluding hydrogens is 282 g/mol. The predicted molar refractivity (Wildman–Crippen MR) is 83.4 cm³/mol. The molecule has 118 valence electrons. The molecule has 4 amide bonds. The smallest absolute Gasteiger partial charge is 0.332 e. The molecule has 1 atom stereocenters. The van der Waals surface area contributed by atoms with Gasteiger partial charge in [0.25, 0.3) is 5.91 Å². The molecule has 1 aromatic carbocycles. The van der Waals surface area contributed by atoms with Crippen LogP contribution in [-0.2, 0) is 9.59 Å². The number of nitrogens with one attached hydrogen (secondary N) is 1.